The summed E-state index contributed by atoms with van der Waals surface area (Å²) in [4.78, 5) is 25.4. The number of nitrogens with zero attached hydrogens (tertiary/aromatic N) is 1. The van der Waals surface area contributed by atoms with Gasteiger partial charge in [-0.15, -0.1) is 0 Å². The molecule has 8 heteroatoms. The molecule has 4 aliphatic rings. The van der Waals surface area contributed by atoms with Crippen molar-refractivity contribution in [1.82, 2.24) is 5.32 Å². The molecule has 27 heavy (non-hydrogen) atoms. The van der Waals surface area contributed by atoms with Gasteiger partial charge in [0.05, 0.1) is 11.7 Å². The molecule has 1 aromatic carbocycles. The second kappa shape index (κ2) is 6.29. The monoisotopic (exact) mass is 392 g/mol. The lowest BCUT2D eigenvalue weighted by molar-refractivity contribution is -0.122. The molecule has 1 N–H and O–H groups in total. The largest absolute Gasteiger partial charge is 0.447 e. The first-order valence-electron chi connectivity index (χ1n) is 9.41. The summed E-state index contributed by atoms with van der Waals surface area (Å²) in [7, 11) is -0.752. The number of carbonyl (C=O) groups is 2. The van der Waals surface area contributed by atoms with Gasteiger partial charge in [0.2, 0.25) is 5.91 Å². The quantitative estimate of drug-likeness (QED) is 0.829. The molecule has 2 saturated heterocycles. The molecule has 0 aromatic heterocycles. The van der Waals surface area contributed by atoms with Gasteiger partial charge in [-0.05, 0) is 48.3 Å². The molecule has 5 atom stereocenters. The number of cyclic esters (lactones) is 1. The number of benzene rings is 1. The molecule has 2 aliphatic carbocycles. The summed E-state index contributed by atoms with van der Waals surface area (Å²) in [6.07, 6.45) is 1.31. The summed E-state index contributed by atoms with van der Waals surface area (Å²) in [5.74, 6) is 1.90. The first-order valence-corrected chi connectivity index (χ1v) is 10.9. The topological polar surface area (TPSA) is 75.7 Å². The lowest BCUT2D eigenvalue weighted by Gasteiger charge is -2.22. The van der Waals surface area contributed by atoms with E-state index in [1.54, 1.807) is 12.1 Å². The van der Waals surface area contributed by atoms with E-state index >= 15 is 0 Å². The molecule has 2 saturated carbocycles. The van der Waals surface area contributed by atoms with Crippen molar-refractivity contribution in [1.29, 1.82) is 0 Å². The van der Waals surface area contributed by atoms with Gasteiger partial charge in [0.25, 0.3) is 0 Å². The van der Waals surface area contributed by atoms with Crippen LogP contribution in [-0.2, 0) is 20.3 Å². The average molecular weight is 392 g/mol. The van der Waals surface area contributed by atoms with Gasteiger partial charge in [-0.25, -0.2) is 9.18 Å². The zero-order chi connectivity index (χ0) is 18.7. The van der Waals surface area contributed by atoms with Gasteiger partial charge >= 0.3 is 6.09 Å². The highest BCUT2D eigenvalue weighted by Crippen LogP contribution is 2.58. The van der Waals surface area contributed by atoms with Crippen molar-refractivity contribution in [2.24, 2.45) is 17.8 Å². The first-order chi connectivity index (χ1) is 13.0. The van der Waals surface area contributed by atoms with Crippen LogP contribution in [0.4, 0.5) is 14.9 Å². The van der Waals surface area contributed by atoms with Crippen molar-refractivity contribution in [2.75, 3.05) is 29.6 Å². The van der Waals surface area contributed by atoms with Crippen LogP contribution in [0.25, 0.3) is 0 Å². The van der Waals surface area contributed by atoms with Crippen molar-refractivity contribution in [3.8, 4) is 0 Å². The maximum Gasteiger partial charge on any atom is 0.414 e. The Morgan fingerprint density at radius 1 is 1.30 bits per heavy atom. The third kappa shape index (κ3) is 3.03. The molecular weight excluding hydrogens is 371 g/mol. The number of hydrogen-bond donors (Lipinski definition) is 1. The predicted molar refractivity (Wildman–Crippen MR) is 97.3 cm³/mol. The molecule has 2 heterocycles. The number of rotatable bonds is 5. The fourth-order valence-electron chi connectivity index (χ4n) is 4.43. The summed E-state index contributed by atoms with van der Waals surface area (Å²) in [6, 6.07) is 4.52. The summed E-state index contributed by atoms with van der Waals surface area (Å²) in [5.41, 5.74) is 1.09. The highest BCUT2D eigenvalue weighted by molar-refractivity contribution is 7.85. The van der Waals surface area contributed by atoms with Crippen molar-refractivity contribution in [3.63, 3.8) is 0 Å². The van der Waals surface area contributed by atoms with E-state index in [4.69, 9.17) is 4.74 Å². The van der Waals surface area contributed by atoms with Gasteiger partial charge in [-0.3, -0.25) is 13.9 Å². The van der Waals surface area contributed by atoms with Crippen LogP contribution in [0.3, 0.4) is 0 Å². The Balaban J connectivity index is 1.30. The number of carbonyl (C=O) groups excluding carboxylic acids is 2. The zero-order valence-electron chi connectivity index (χ0n) is 14.7. The van der Waals surface area contributed by atoms with Crippen LogP contribution in [-0.4, -0.2) is 46.9 Å². The highest BCUT2D eigenvalue weighted by atomic mass is 32.2. The van der Waals surface area contributed by atoms with E-state index in [0.29, 0.717) is 41.1 Å². The third-order valence-electron chi connectivity index (χ3n) is 6.13. The number of nitrogens with one attached hydrogen (secondary N) is 1. The van der Waals surface area contributed by atoms with E-state index in [9.17, 15) is 18.2 Å². The maximum atomic E-state index is 14.8. The van der Waals surface area contributed by atoms with Crippen LogP contribution in [0.5, 0.6) is 0 Å². The lowest BCUT2D eigenvalue weighted by Crippen LogP contribution is -2.43. The van der Waals surface area contributed by atoms with Crippen molar-refractivity contribution < 1.29 is 22.9 Å². The van der Waals surface area contributed by atoms with E-state index < -0.39 is 16.9 Å². The summed E-state index contributed by atoms with van der Waals surface area (Å²) in [5, 5.41) is 2.86. The SMILES string of the molecule is O=C(NCC1COC(=O)N1c1ccc(C2[C@H]3CS(=O)C[C@@H]23)c(F)c1)C1CC1. The van der Waals surface area contributed by atoms with Crippen LogP contribution >= 0.6 is 0 Å². The molecule has 6 nitrogen and oxygen atoms in total. The molecule has 4 fully saturated rings. The molecule has 5 rings (SSSR count). The van der Waals surface area contributed by atoms with Gasteiger partial charge in [0.1, 0.15) is 12.4 Å². The number of ether oxygens (including phenoxy) is 1. The molecule has 2 amide bonds. The number of amides is 2. The Morgan fingerprint density at radius 3 is 2.70 bits per heavy atom. The number of fused-ring (bicyclic) bond motifs is 1. The van der Waals surface area contributed by atoms with Crippen LogP contribution in [0, 0.1) is 23.6 Å². The third-order valence-corrected chi connectivity index (χ3v) is 7.64. The van der Waals surface area contributed by atoms with Crippen LogP contribution in [0.15, 0.2) is 18.2 Å². The minimum atomic E-state index is -0.752. The fraction of sp³-hybridized carbons (Fsp3) is 0.579. The van der Waals surface area contributed by atoms with Crippen molar-refractivity contribution in [2.45, 2.75) is 24.8 Å². The first kappa shape index (κ1) is 17.2. The van der Waals surface area contributed by atoms with Gasteiger partial charge in [0, 0.05) is 34.8 Å². The number of anilines is 1. The van der Waals surface area contributed by atoms with Crippen LogP contribution < -0.4 is 10.2 Å². The Bertz CT molecular complexity index is 829. The van der Waals surface area contributed by atoms with Gasteiger partial charge in [0.15, 0.2) is 0 Å². The molecular formula is C19H21FN2O4S. The average Bonchev–Trinajstić information content (AvgIpc) is 3.52. The number of hydrogen-bond acceptors (Lipinski definition) is 4. The predicted octanol–water partition coefficient (Wildman–Crippen LogP) is 1.77. The Labute approximate surface area is 158 Å². The number of halogens is 1. The van der Waals surface area contributed by atoms with E-state index in [0.717, 1.165) is 12.8 Å². The van der Waals surface area contributed by atoms with Crippen LogP contribution in [0.2, 0.25) is 0 Å². The smallest absolute Gasteiger partial charge is 0.414 e. The van der Waals surface area contributed by atoms with Gasteiger partial charge in [-0.2, -0.15) is 0 Å². The van der Waals surface area contributed by atoms with Crippen molar-refractivity contribution in [3.05, 3.63) is 29.6 Å². The minimum absolute atomic E-state index is 0.00786. The molecule has 0 spiro atoms. The molecule has 0 radical (unpaired) electrons. The highest BCUT2D eigenvalue weighted by Gasteiger charge is 2.57. The molecule has 1 aromatic rings. The Morgan fingerprint density at radius 2 is 2.04 bits per heavy atom. The second-order valence-corrected chi connectivity index (χ2v) is 9.50. The lowest BCUT2D eigenvalue weighted by atomic mass is 10.1. The van der Waals surface area contributed by atoms with E-state index in [1.165, 1.54) is 11.0 Å². The van der Waals surface area contributed by atoms with Crippen molar-refractivity contribution >= 4 is 28.5 Å². The van der Waals surface area contributed by atoms with Crippen LogP contribution in [0.1, 0.15) is 24.3 Å². The molecule has 0 bridgehead atoms. The van der Waals surface area contributed by atoms with Gasteiger partial charge < -0.3 is 10.1 Å². The summed E-state index contributed by atoms with van der Waals surface area (Å²) >= 11 is 0. The standard InChI is InChI=1S/C19H21FN2O4S/c20-16-5-11(3-4-13(16)17-14-8-27(25)9-15(14)17)22-12(7-26-19(22)24)6-21-18(23)10-1-2-10/h3-5,10,12,14-15,17H,1-2,6-9H2,(H,21,23)/t12?,14-,15+,17?,27?. The van der Waals surface area contributed by atoms with Gasteiger partial charge in [-0.1, -0.05) is 6.07 Å². The molecule has 3 unspecified atom stereocenters. The minimum Gasteiger partial charge on any atom is -0.447 e. The Kier molecular flexibility index (Phi) is 4.00. The van der Waals surface area contributed by atoms with E-state index in [1.807, 2.05) is 0 Å². The van der Waals surface area contributed by atoms with E-state index in [2.05, 4.69) is 5.32 Å². The summed E-state index contributed by atoms with van der Waals surface area (Å²) < 4.78 is 31.4. The Hall–Kier alpha value is -1.96. The zero-order valence-corrected chi connectivity index (χ0v) is 15.5. The summed E-state index contributed by atoms with van der Waals surface area (Å²) in [6.45, 7) is 0.467. The fourth-order valence-corrected chi connectivity index (χ4v) is 6.33. The molecule has 144 valence electrons. The molecule has 2 aliphatic heterocycles. The normalized spacial score (nSPS) is 34.3. The second-order valence-electron chi connectivity index (χ2n) is 7.95. The maximum absolute atomic E-state index is 14.8. The van der Waals surface area contributed by atoms with E-state index in [-0.39, 0.29) is 36.2 Å².